The molecule has 1 aromatic rings. The van der Waals surface area contributed by atoms with Crippen LogP contribution in [-0.4, -0.2) is 29.0 Å². The SMILES string of the molecule is COC(=O)[C@@H]1CCCC[C@H]1Nc1ccc([N+](=O)[O-])cc1[N+](=O)[O-]. The van der Waals surface area contributed by atoms with E-state index >= 15 is 0 Å². The maximum atomic E-state index is 11.8. The molecule has 2 atom stereocenters. The average Bonchev–Trinajstić information content (AvgIpc) is 2.54. The van der Waals surface area contributed by atoms with Gasteiger partial charge in [0.15, 0.2) is 0 Å². The summed E-state index contributed by atoms with van der Waals surface area (Å²) in [7, 11) is 1.31. The highest BCUT2D eigenvalue weighted by molar-refractivity contribution is 5.75. The van der Waals surface area contributed by atoms with E-state index in [-0.39, 0.29) is 35.0 Å². The van der Waals surface area contributed by atoms with E-state index in [0.29, 0.717) is 12.8 Å². The number of anilines is 1. The van der Waals surface area contributed by atoms with E-state index in [1.54, 1.807) is 0 Å². The molecule has 0 unspecified atom stereocenters. The lowest BCUT2D eigenvalue weighted by molar-refractivity contribution is -0.393. The Morgan fingerprint density at radius 2 is 1.91 bits per heavy atom. The molecule has 0 saturated heterocycles. The molecule has 1 aliphatic carbocycles. The second-order valence-electron chi connectivity index (χ2n) is 5.38. The highest BCUT2D eigenvalue weighted by Gasteiger charge is 2.33. The lowest BCUT2D eigenvalue weighted by Gasteiger charge is -2.30. The number of hydrogen-bond donors (Lipinski definition) is 1. The Morgan fingerprint density at radius 1 is 1.22 bits per heavy atom. The van der Waals surface area contributed by atoms with Crippen molar-refractivity contribution in [3.8, 4) is 0 Å². The molecular formula is C14H17N3O6. The fourth-order valence-electron chi connectivity index (χ4n) is 2.84. The smallest absolute Gasteiger partial charge is 0.310 e. The van der Waals surface area contributed by atoms with Gasteiger partial charge in [0.05, 0.1) is 28.9 Å². The van der Waals surface area contributed by atoms with Crippen LogP contribution in [0.4, 0.5) is 17.1 Å². The maximum Gasteiger partial charge on any atom is 0.310 e. The molecule has 0 heterocycles. The second kappa shape index (κ2) is 7.03. The van der Waals surface area contributed by atoms with Gasteiger partial charge in [-0.15, -0.1) is 0 Å². The number of rotatable bonds is 5. The van der Waals surface area contributed by atoms with Crippen LogP contribution < -0.4 is 5.32 Å². The fourth-order valence-corrected chi connectivity index (χ4v) is 2.84. The molecule has 1 saturated carbocycles. The van der Waals surface area contributed by atoms with Crippen molar-refractivity contribution in [2.75, 3.05) is 12.4 Å². The van der Waals surface area contributed by atoms with E-state index in [0.717, 1.165) is 18.9 Å². The normalized spacial score (nSPS) is 20.6. The van der Waals surface area contributed by atoms with Crippen molar-refractivity contribution in [1.82, 2.24) is 0 Å². The summed E-state index contributed by atoms with van der Waals surface area (Å²) in [6, 6.07) is 3.12. The molecule has 1 aromatic carbocycles. The number of hydrogen-bond acceptors (Lipinski definition) is 7. The molecule has 124 valence electrons. The van der Waals surface area contributed by atoms with Gasteiger partial charge in [0.25, 0.3) is 11.4 Å². The van der Waals surface area contributed by atoms with E-state index in [1.807, 2.05) is 0 Å². The molecule has 9 heteroatoms. The molecule has 0 radical (unpaired) electrons. The third kappa shape index (κ3) is 3.74. The summed E-state index contributed by atoms with van der Waals surface area (Å²) in [5.41, 5.74) is -0.565. The molecule has 0 bridgehead atoms. The number of benzene rings is 1. The van der Waals surface area contributed by atoms with Crippen molar-refractivity contribution in [2.45, 2.75) is 31.7 Å². The lowest BCUT2D eigenvalue weighted by Crippen LogP contribution is -2.38. The van der Waals surface area contributed by atoms with Crippen LogP contribution >= 0.6 is 0 Å². The summed E-state index contributed by atoms with van der Waals surface area (Å²) < 4.78 is 4.78. The summed E-state index contributed by atoms with van der Waals surface area (Å²) in [5, 5.41) is 24.9. The van der Waals surface area contributed by atoms with Crippen LogP contribution in [0.5, 0.6) is 0 Å². The van der Waals surface area contributed by atoms with Gasteiger partial charge in [-0.05, 0) is 18.9 Å². The van der Waals surface area contributed by atoms with Gasteiger partial charge < -0.3 is 10.1 Å². The van der Waals surface area contributed by atoms with Crippen LogP contribution in [-0.2, 0) is 9.53 Å². The highest BCUT2D eigenvalue weighted by Crippen LogP contribution is 2.33. The highest BCUT2D eigenvalue weighted by atomic mass is 16.6. The summed E-state index contributed by atoms with van der Waals surface area (Å²) in [6.07, 6.45) is 3.10. The van der Waals surface area contributed by atoms with Gasteiger partial charge in [-0.2, -0.15) is 0 Å². The number of nitrogens with zero attached hydrogens (tertiary/aromatic N) is 2. The Morgan fingerprint density at radius 3 is 2.52 bits per heavy atom. The minimum atomic E-state index is -0.686. The van der Waals surface area contributed by atoms with E-state index in [4.69, 9.17) is 4.74 Å². The van der Waals surface area contributed by atoms with Crippen LogP contribution in [0.25, 0.3) is 0 Å². The van der Waals surface area contributed by atoms with Gasteiger partial charge in [-0.3, -0.25) is 25.0 Å². The van der Waals surface area contributed by atoms with Crippen LogP contribution in [0.3, 0.4) is 0 Å². The van der Waals surface area contributed by atoms with Crippen LogP contribution in [0.1, 0.15) is 25.7 Å². The number of non-ortho nitro benzene ring substituents is 1. The van der Waals surface area contributed by atoms with Gasteiger partial charge >= 0.3 is 5.97 Å². The molecule has 0 aromatic heterocycles. The van der Waals surface area contributed by atoms with Gasteiger partial charge in [0.2, 0.25) is 0 Å². The zero-order chi connectivity index (χ0) is 17.0. The molecule has 9 nitrogen and oxygen atoms in total. The molecule has 0 amide bonds. The van der Waals surface area contributed by atoms with E-state index in [2.05, 4.69) is 5.32 Å². The first-order valence-electron chi connectivity index (χ1n) is 7.21. The quantitative estimate of drug-likeness (QED) is 0.501. The number of carbonyl (C=O) groups excluding carboxylic acids is 1. The third-order valence-corrected chi connectivity index (χ3v) is 4.00. The predicted molar refractivity (Wildman–Crippen MR) is 81.1 cm³/mol. The van der Waals surface area contributed by atoms with Crippen LogP contribution in [0.15, 0.2) is 18.2 Å². The van der Waals surface area contributed by atoms with Crippen molar-refractivity contribution in [3.63, 3.8) is 0 Å². The molecular weight excluding hydrogens is 306 g/mol. The van der Waals surface area contributed by atoms with E-state index < -0.39 is 9.85 Å². The Hall–Kier alpha value is -2.71. The van der Waals surface area contributed by atoms with Crippen molar-refractivity contribution in [1.29, 1.82) is 0 Å². The number of methoxy groups -OCH3 is 1. The zero-order valence-electron chi connectivity index (χ0n) is 12.6. The number of nitrogens with one attached hydrogen (secondary N) is 1. The number of nitro groups is 2. The number of ether oxygens (including phenoxy) is 1. The molecule has 1 N–H and O–H groups in total. The molecule has 1 fully saturated rings. The van der Waals surface area contributed by atoms with E-state index in [1.165, 1.54) is 19.2 Å². The maximum absolute atomic E-state index is 11.8. The summed E-state index contributed by atoms with van der Waals surface area (Å²) in [4.78, 5) is 32.4. The topological polar surface area (TPSA) is 125 Å². The summed E-state index contributed by atoms with van der Waals surface area (Å²) in [6.45, 7) is 0. The minimum absolute atomic E-state index is 0.168. The first-order chi connectivity index (χ1) is 10.9. The van der Waals surface area contributed by atoms with Gasteiger partial charge in [-0.25, -0.2) is 0 Å². The fraction of sp³-hybridized carbons (Fsp3) is 0.500. The van der Waals surface area contributed by atoms with Gasteiger partial charge in [0, 0.05) is 12.1 Å². The van der Waals surface area contributed by atoms with Crippen molar-refractivity contribution in [3.05, 3.63) is 38.4 Å². The zero-order valence-corrected chi connectivity index (χ0v) is 12.6. The molecule has 23 heavy (non-hydrogen) atoms. The lowest BCUT2D eigenvalue weighted by atomic mass is 9.84. The molecule has 1 aliphatic rings. The number of esters is 1. The Balaban J connectivity index is 2.28. The first-order valence-corrected chi connectivity index (χ1v) is 7.21. The van der Waals surface area contributed by atoms with Gasteiger partial charge in [-0.1, -0.05) is 12.8 Å². The van der Waals surface area contributed by atoms with Crippen molar-refractivity contribution in [2.24, 2.45) is 5.92 Å². The average molecular weight is 323 g/mol. The Kier molecular flexibility index (Phi) is 5.09. The largest absolute Gasteiger partial charge is 0.469 e. The molecule has 0 spiro atoms. The Bertz CT molecular complexity index is 633. The minimum Gasteiger partial charge on any atom is -0.469 e. The van der Waals surface area contributed by atoms with Crippen LogP contribution in [0, 0.1) is 26.1 Å². The Labute approximate surface area is 131 Å². The summed E-state index contributed by atoms with van der Waals surface area (Å²) >= 11 is 0. The second-order valence-corrected chi connectivity index (χ2v) is 5.38. The first kappa shape index (κ1) is 16.7. The molecule has 2 rings (SSSR count). The van der Waals surface area contributed by atoms with Gasteiger partial charge in [0.1, 0.15) is 5.69 Å². The number of nitro benzene ring substituents is 2. The standard InChI is InChI=1S/C14H17N3O6/c1-23-14(18)10-4-2-3-5-11(10)15-12-7-6-9(16(19)20)8-13(12)17(21)22/h6-8,10-11,15H,2-5H2,1H3/t10-,11-/m1/s1. The van der Waals surface area contributed by atoms with Crippen molar-refractivity contribution < 1.29 is 19.4 Å². The van der Waals surface area contributed by atoms with E-state index in [9.17, 15) is 25.0 Å². The summed E-state index contributed by atoms with van der Waals surface area (Å²) in [5.74, 6) is -0.740. The monoisotopic (exact) mass is 323 g/mol. The number of carbonyl (C=O) groups is 1. The van der Waals surface area contributed by atoms with Crippen LogP contribution in [0.2, 0.25) is 0 Å². The third-order valence-electron chi connectivity index (χ3n) is 4.00. The molecule has 0 aliphatic heterocycles. The van der Waals surface area contributed by atoms with Crippen molar-refractivity contribution >= 4 is 23.0 Å². The predicted octanol–water partition coefficient (Wildman–Crippen LogP) is 2.65.